The summed E-state index contributed by atoms with van der Waals surface area (Å²) in [5.41, 5.74) is 6.82. The second-order valence-electron chi connectivity index (χ2n) is 3.70. The van der Waals surface area contributed by atoms with Crippen molar-refractivity contribution in [1.82, 2.24) is 16.0 Å². The Labute approximate surface area is 72.1 Å². The highest BCUT2D eigenvalue weighted by Gasteiger charge is 2.33. The lowest BCUT2D eigenvalue weighted by atomic mass is 9.86. The first-order chi connectivity index (χ1) is 5.75. The maximum atomic E-state index is 10.5. The third kappa shape index (κ3) is 1.39. The van der Waals surface area contributed by atoms with Crippen LogP contribution < -0.4 is 11.1 Å². The van der Waals surface area contributed by atoms with E-state index in [1.54, 1.807) is 0 Å². The van der Waals surface area contributed by atoms with Crippen molar-refractivity contribution in [2.24, 2.45) is 5.92 Å². The number of rotatable bonds is 1. The first-order valence-corrected chi connectivity index (χ1v) is 4.52. The lowest BCUT2D eigenvalue weighted by Crippen LogP contribution is -2.56. The van der Waals surface area contributed by atoms with Crippen LogP contribution in [0.2, 0.25) is 0 Å². The minimum atomic E-state index is -0.646. The minimum Gasteiger partial charge on any atom is -0.321 e. The summed E-state index contributed by atoms with van der Waals surface area (Å²) in [4.78, 5) is 12.8. The summed E-state index contributed by atoms with van der Waals surface area (Å²) in [6, 6.07) is -0.646. The minimum absolute atomic E-state index is 0.155. The molecular weight excluding hydrogens is 154 g/mol. The van der Waals surface area contributed by atoms with Gasteiger partial charge in [0.25, 0.3) is 0 Å². The average molecular weight is 168 g/mol. The second-order valence-corrected chi connectivity index (χ2v) is 3.70. The number of fused-ring (bicyclic) bond motifs is 3. The van der Waals surface area contributed by atoms with Crippen molar-refractivity contribution in [1.29, 1.82) is 0 Å². The van der Waals surface area contributed by atoms with Crippen LogP contribution in [-0.2, 0) is 0 Å². The van der Waals surface area contributed by atoms with Gasteiger partial charge >= 0.3 is 6.03 Å². The van der Waals surface area contributed by atoms with Gasteiger partial charge in [-0.05, 0) is 25.2 Å². The molecule has 2 bridgehead atoms. The standard InChI is InChI=1S/C8H14N3O/c9-8(12)10-7-5-6-1-3-11(7)4-2-6/h6-7,9H,1-5H2,(H,10,12). The first kappa shape index (κ1) is 7.86. The molecule has 3 aliphatic rings. The number of carbonyl (C=O) groups is 1. The molecule has 3 aliphatic heterocycles. The molecule has 0 aliphatic carbocycles. The summed E-state index contributed by atoms with van der Waals surface area (Å²) in [6.45, 7) is 2.19. The lowest BCUT2D eigenvalue weighted by molar-refractivity contribution is 0.0378. The van der Waals surface area contributed by atoms with Crippen LogP contribution in [0.15, 0.2) is 0 Å². The quantitative estimate of drug-likeness (QED) is 0.617. The molecule has 2 amide bonds. The van der Waals surface area contributed by atoms with Crippen LogP contribution in [0.3, 0.4) is 0 Å². The van der Waals surface area contributed by atoms with E-state index in [-0.39, 0.29) is 6.17 Å². The molecule has 67 valence electrons. The summed E-state index contributed by atoms with van der Waals surface area (Å²) in [7, 11) is 0. The van der Waals surface area contributed by atoms with Crippen molar-refractivity contribution in [3.8, 4) is 0 Å². The number of amides is 2. The van der Waals surface area contributed by atoms with Crippen LogP contribution in [0, 0.1) is 5.92 Å². The van der Waals surface area contributed by atoms with E-state index in [9.17, 15) is 4.79 Å². The molecule has 3 rings (SSSR count). The second kappa shape index (κ2) is 2.94. The van der Waals surface area contributed by atoms with Crippen LogP contribution in [0.25, 0.3) is 0 Å². The maximum Gasteiger partial charge on any atom is 0.334 e. The molecule has 0 aromatic rings. The Morgan fingerprint density at radius 2 is 2.08 bits per heavy atom. The summed E-state index contributed by atoms with van der Waals surface area (Å²) in [6.07, 6.45) is 3.74. The van der Waals surface area contributed by atoms with Crippen molar-refractivity contribution < 1.29 is 4.79 Å². The third-order valence-electron chi connectivity index (χ3n) is 2.94. The first-order valence-electron chi connectivity index (χ1n) is 4.52. The number of hydrogen-bond donors (Lipinski definition) is 1. The summed E-state index contributed by atoms with van der Waals surface area (Å²) in [5.74, 6) is 0.784. The number of piperidine rings is 3. The van der Waals surface area contributed by atoms with Gasteiger partial charge in [0, 0.05) is 13.1 Å². The van der Waals surface area contributed by atoms with Crippen molar-refractivity contribution in [3.63, 3.8) is 0 Å². The predicted octanol–water partition coefficient (Wildman–Crippen LogP) is 0.421. The van der Waals surface area contributed by atoms with Crippen LogP contribution in [-0.4, -0.2) is 30.2 Å². The van der Waals surface area contributed by atoms with Gasteiger partial charge < -0.3 is 5.32 Å². The Balaban J connectivity index is 1.95. The summed E-state index contributed by atoms with van der Waals surface area (Å²) >= 11 is 0. The zero-order valence-corrected chi connectivity index (χ0v) is 7.05. The summed E-state index contributed by atoms with van der Waals surface area (Å²) < 4.78 is 0. The van der Waals surface area contributed by atoms with Crippen molar-refractivity contribution in [3.05, 3.63) is 0 Å². The van der Waals surface area contributed by atoms with Gasteiger partial charge in [0.1, 0.15) is 0 Å². The number of carbonyl (C=O) groups excluding carboxylic acids is 1. The van der Waals surface area contributed by atoms with E-state index in [0.717, 1.165) is 25.4 Å². The molecule has 1 unspecified atom stereocenters. The Bertz CT molecular complexity index is 187. The molecule has 4 heteroatoms. The molecule has 0 saturated carbocycles. The molecular formula is C8H14N3O. The van der Waals surface area contributed by atoms with Crippen LogP contribution in [0.4, 0.5) is 4.79 Å². The maximum absolute atomic E-state index is 10.5. The molecule has 2 N–H and O–H groups in total. The number of nitrogens with one attached hydrogen (secondary N) is 2. The van der Waals surface area contributed by atoms with E-state index < -0.39 is 6.03 Å². The highest BCUT2D eigenvalue weighted by atomic mass is 16.2. The van der Waals surface area contributed by atoms with Gasteiger partial charge in [-0.25, -0.2) is 10.5 Å². The molecule has 12 heavy (non-hydrogen) atoms. The van der Waals surface area contributed by atoms with Crippen molar-refractivity contribution >= 4 is 6.03 Å². The van der Waals surface area contributed by atoms with Crippen LogP contribution in [0.1, 0.15) is 19.3 Å². The lowest BCUT2D eigenvalue weighted by Gasteiger charge is -2.45. The predicted molar refractivity (Wildman–Crippen MR) is 44.3 cm³/mol. The molecule has 0 aromatic carbocycles. The van der Waals surface area contributed by atoms with Gasteiger partial charge in [-0.15, -0.1) is 0 Å². The van der Waals surface area contributed by atoms with E-state index in [1.165, 1.54) is 12.8 Å². The zero-order valence-electron chi connectivity index (χ0n) is 7.05. The van der Waals surface area contributed by atoms with Gasteiger partial charge in [0.05, 0.1) is 6.17 Å². The average Bonchev–Trinajstić information content (AvgIpc) is 2.05. The molecule has 4 nitrogen and oxygen atoms in total. The van der Waals surface area contributed by atoms with Crippen LogP contribution in [0.5, 0.6) is 0 Å². The van der Waals surface area contributed by atoms with E-state index >= 15 is 0 Å². The highest BCUT2D eigenvalue weighted by molar-refractivity contribution is 5.71. The van der Waals surface area contributed by atoms with Gasteiger partial charge in [-0.2, -0.15) is 0 Å². The van der Waals surface area contributed by atoms with E-state index in [4.69, 9.17) is 5.73 Å². The molecule has 3 fully saturated rings. The Morgan fingerprint density at radius 3 is 2.50 bits per heavy atom. The fourth-order valence-corrected chi connectivity index (χ4v) is 2.27. The molecule has 0 aromatic heterocycles. The van der Waals surface area contributed by atoms with E-state index in [2.05, 4.69) is 10.2 Å². The highest BCUT2D eigenvalue weighted by Crippen LogP contribution is 2.30. The molecule has 0 spiro atoms. The van der Waals surface area contributed by atoms with Gasteiger partial charge in [0.15, 0.2) is 0 Å². The van der Waals surface area contributed by atoms with Crippen LogP contribution >= 0.6 is 0 Å². The van der Waals surface area contributed by atoms with E-state index in [1.807, 2.05) is 0 Å². The Kier molecular flexibility index (Phi) is 1.92. The third-order valence-corrected chi connectivity index (χ3v) is 2.94. The van der Waals surface area contributed by atoms with Crippen molar-refractivity contribution in [2.75, 3.05) is 13.1 Å². The smallest absolute Gasteiger partial charge is 0.321 e. The normalized spacial score (nSPS) is 39.5. The number of nitrogens with zero attached hydrogens (tertiary/aromatic N) is 1. The molecule has 3 heterocycles. The zero-order chi connectivity index (χ0) is 8.55. The number of urea groups is 1. The fourth-order valence-electron chi connectivity index (χ4n) is 2.27. The summed E-state index contributed by atoms with van der Waals surface area (Å²) in [5, 5.41) is 2.67. The topological polar surface area (TPSA) is 56.1 Å². The number of hydrogen-bond acceptors (Lipinski definition) is 2. The van der Waals surface area contributed by atoms with Crippen molar-refractivity contribution in [2.45, 2.75) is 25.4 Å². The van der Waals surface area contributed by atoms with Gasteiger partial charge in [-0.3, -0.25) is 4.90 Å². The van der Waals surface area contributed by atoms with Gasteiger partial charge in [-0.1, -0.05) is 0 Å². The van der Waals surface area contributed by atoms with Gasteiger partial charge in [0.2, 0.25) is 0 Å². The monoisotopic (exact) mass is 168 g/mol. The Morgan fingerprint density at radius 1 is 1.42 bits per heavy atom. The molecule has 1 atom stereocenters. The fraction of sp³-hybridized carbons (Fsp3) is 0.875. The molecule has 3 saturated heterocycles. The molecule has 1 radical (unpaired) electrons. The van der Waals surface area contributed by atoms with E-state index in [0.29, 0.717) is 0 Å². The Hall–Kier alpha value is -0.770. The SMILES string of the molecule is [NH]C(=O)NC1CC2CCN1CC2. The largest absolute Gasteiger partial charge is 0.334 e.